The highest BCUT2D eigenvalue weighted by molar-refractivity contribution is 5.79. The fraction of sp³-hybridized carbons (Fsp3) is 0.923. The smallest absolute Gasteiger partial charge is 0.325 e. The van der Waals surface area contributed by atoms with Gasteiger partial charge in [0.1, 0.15) is 5.54 Å². The molecule has 0 saturated heterocycles. The first-order chi connectivity index (χ1) is 7.83. The van der Waals surface area contributed by atoms with E-state index in [9.17, 15) is 4.79 Å². The van der Waals surface area contributed by atoms with Crippen LogP contribution in [0.4, 0.5) is 0 Å². The van der Waals surface area contributed by atoms with Crippen LogP contribution in [0.3, 0.4) is 0 Å². The highest BCUT2D eigenvalue weighted by atomic mass is 16.5. The maximum Gasteiger partial charge on any atom is 0.325 e. The van der Waals surface area contributed by atoms with Crippen LogP contribution in [0.2, 0.25) is 0 Å². The monoisotopic (exact) mass is 244 g/mol. The standard InChI is InChI=1S/C13H28N2O2/c1-6-11(3)10-15(5)9-8-13(4,14)12(16)17-7-2/h11H,6-10,14H2,1-5H3. The van der Waals surface area contributed by atoms with E-state index >= 15 is 0 Å². The highest BCUT2D eigenvalue weighted by Gasteiger charge is 2.29. The van der Waals surface area contributed by atoms with Gasteiger partial charge in [-0.25, -0.2) is 0 Å². The van der Waals surface area contributed by atoms with Crippen LogP contribution in [0.25, 0.3) is 0 Å². The lowest BCUT2D eigenvalue weighted by Crippen LogP contribution is -2.48. The maximum atomic E-state index is 11.6. The number of ether oxygens (including phenoxy) is 1. The normalized spacial score (nSPS) is 16.6. The van der Waals surface area contributed by atoms with Crippen LogP contribution in [-0.4, -0.2) is 43.2 Å². The quantitative estimate of drug-likeness (QED) is 0.659. The summed E-state index contributed by atoms with van der Waals surface area (Å²) in [5.41, 5.74) is 5.08. The molecule has 0 aromatic rings. The Hall–Kier alpha value is -0.610. The number of nitrogens with zero attached hydrogens (tertiary/aromatic N) is 1. The molecule has 102 valence electrons. The van der Waals surface area contributed by atoms with E-state index in [0.717, 1.165) is 13.1 Å². The zero-order chi connectivity index (χ0) is 13.5. The van der Waals surface area contributed by atoms with Gasteiger partial charge < -0.3 is 15.4 Å². The Morgan fingerprint density at radius 1 is 1.47 bits per heavy atom. The van der Waals surface area contributed by atoms with Crippen LogP contribution in [0.1, 0.15) is 40.5 Å². The summed E-state index contributed by atoms with van der Waals surface area (Å²) in [5, 5.41) is 0. The molecule has 0 aliphatic carbocycles. The predicted molar refractivity (Wildman–Crippen MR) is 70.8 cm³/mol. The van der Waals surface area contributed by atoms with Gasteiger partial charge in [-0.3, -0.25) is 4.79 Å². The van der Waals surface area contributed by atoms with Gasteiger partial charge in [0.15, 0.2) is 0 Å². The molecule has 0 spiro atoms. The van der Waals surface area contributed by atoms with Crippen molar-refractivity contribution in [2.24, 2.45) is 11.7 Å². The number of hydrogen-bond donors (Lipinski definition) is 1. The lowest BCUT2D eigenvalue weighted by Gasteiger charge is -2.26. The van der Waals surface area contributed by atoms with E-state index < -0.39 is 5.54 Å². The van der Waals surface area contributed by atoms with Gasteiger partial charge in [0.05, 0.1) is 6.61 Å². The molecular formula is C13H28N2O2. The number of nitrogens with two attached hydrogens (primary N) is 1. The van der Waals surface area contributed by atoms with Crippen molar-refractivity contribution < 1.29 is 9.53 Å². The summed E-state index contributed by atoms with van der Waals surface area (Å²) in [6.45, 7) is 10.2. The molecule has 0 fully saturated rings. The van der Waals surface area contributed by atoms with Gasteiger partial charge >= 0.3 is 5.97 Å². The van der Waals surface area contributed by atoms with Gasteiger partial charge in [-0.1, -0.05) is 20.3 Å². The lowest BCUT2D eigenvalue weighted by molar-refractivity contribution is -0.149. The van der Waals surface area contributed by atoms with Gasteiger partial charge in [0.25, 0.3) is 0 Å². The van der Waals surface area contributed by atoms with Crippen molar-refractivity contribution in [3.8, 4) is 0 Å². The van der Waals surface area contributed by atoms with Gasteiger partial charge in [-0.15, -0.1) is 0 Å². The summed E-state index contributed by atoms with van der Waals surface area (Å²) in [6.07, 6.45) is 1.79. The summed E-state index contributed by atoms with van der Waals surface area (Å²) in [7, 11) is 2.06. The molecule has 2 atom stereocenters. The van der Waals surface area contributed by atoms with Crippen molar-refractivity contribution >= 4 is 5.97 Å². The van der Waals surface area contributed by atoms with Crippen molar-refractivity contribution in [3.05, 3.63) is 0 Å². The minimum absolute atomic E-state index is 0.308. The zero-order valence-electron chi connectivity index (χ0n) is 12.0. The van der Waals surface area contributed by atoms with Crippen LogP contribution in [0.5, 0.6) is 0 Å². The van der Waals surface area contributed by atoms with E-state index in [-0.39, 0.29) is 5.97 Å². The summed E-state index contributed by atoms with van der Waals surface area (Å²) in [6, 6.07) is 0. The van der Waals surface area contributed by atoms with E-state index in [0.29, 0.717) is 18.9 Å². The van der Waals surface area contributed by atoms with Crippen LogP contribution in [0.15, 0.2) is 0 Å². The Morgan fingerprint density at radius 2 is 2.06 bits per heavy atom. The SMILES string of the molecule is CCOC(=O)C(C)(N)CCN(C)CC(C)CC. The van der Waals surface area contributed by atoms with Gasteiger partial charge in [0, 0.05) is 13.1 Å². The van der Waals surface area contributed by atoms with E-state index in [1.54, 1.807) is 13.8 Å². The first-order valence-electron chi connectivity index (χ1n) is 6.48. The van der Waals surface area contributed by atoms with Crippen LogP contribution in [-0.2, 0) is 9.53 Å². The minimum atomic E-state index is -0.875. The number of esters is 1. The van der Waals surface area contributed by atoms with Gasteiger partial charge in [-0.2, -0.15) is 0 Å². The Morgan fingerprint density at radius 3 is 2.53 bits per heavy atom. The number of hydrogen-bond acceptors (Lipinski definition) is 4. The average molecular weight is 244 g/mol. The summed E-state index contributed by atoms with van der Waals surface area (Å²) in [4.78, 5) is 13.8. The predicted octanol–water partition coefficient (Wildman–Crippen LogP) is 1.63. The van der Waals surface area contributed by atoms with E-state index in [4.69, 9.17) is 10.5 Å². The molecule has 0 saturated carbocycles. The summed E-state index contributed by atoms with van der Waals surface area (Å²) in [5.74, 6) is 0.364. The fourth-order valence-corrected chi connectivity index (χ4v) is 1.57. The first kappa shape index (κ1) is 16.4. The highest BCUT2D eigenvalue weighted by Crippen LogP contribution is 2.10. The average Bonchev–Trinajstić information content (AvgIpc) is 2.26. The second-order valence-corrected chi connectivity index (χ2v) is 5.16. The van der Waals surface area contributed by atoms with E-state index in [2.05, 4.69) is 25.8 Å². The molecule has 0 rings (SSSR count). The van der Waals surface area contributed by atoms with E-state index in [1.165, 1.54) is 6.42 Å². The van der Waals surface area contributed by atoms with E-state index in [1.807, 2.05) is 0 Å². The molecule has 4 nitrogen and oxygen atoms in total. The summed E-state index contributed by atoms with van der Waals surface area (Å²) < 4.78 is 4.96. The molecule has 0 radical (unpaired) electrons. The molecule has 0 aromatic carbocycles. The number of carbonyl (C=O) groups excluding carboxylic acids is 1. The molecule has 0 bridgehead atoms. The number of rotatable bonds is 8. The first-order valence-corrected chi connectivity index (χ1v) is 6.48. The fourth-order valence-electron chi connectivity index (χ4n) is 1.57. The van der Waals surface area contributed by atoms with Crippen molar-refractivity contribution in [1.82, 2.24) is 4.90 Å². The molecule has 0 amide bonds. The molecule has 4 heteroatoms. The molecule has 0 aliphatic heterocycles. The third-order valence-electron chi connectivity index (χ3n) is 3.07. The topological polar surface area (TPSA) is 55.6 Å². The molecule has 17 heavy (non-hydrogen) atoms. The third-order valence-corrected chi connectivity index (χ3v) is 3.07. The van der Waals surface area contributed by atoms with Gasteiger partial charge in [0.2, 0.25) is 0 Å². The van der Waals surface area contributed by atoms with Crippen molar-refractivity contribution in [3.63, 3.8) is 0 Å². The minimum Gasteiger partial charge on any atom is -0.465 e. The maximum absolute atomic E-state index is 11.6. The van der Waals surface area contributed by atoms with Crippen LogP contribution >= 0.6 is 0 Å². The van der Waals surface area contributed by atoms with Crippen molar-refractivity contribution in [2.75, 3.05) is 26.7 Å². The van der Waals surface area contributed by atoms with Crippen molar-refractivity contribution in [1.29, 1.82) is 0 Å². The molecule has 2 N–H and O–H groups in total. The molecule has 0 aromatic heterocycles. The van der Waals surface area contributed by atoms with Crippen molar-refractivity contribution in [2.45, 2.75) is 46.1 Å². The Balaban J connectivity index is 4.04. The number of carbonyl (C=O) groups is 1. The molecule has 0 heterocycles. The van der Waals surface area contributed by atoms with Crippen LogP contribution in [0, 0.1) is 5.92 Å². The van der Waals surface area contributed by atoms with Gasteiger partial charge in [-0.05, 0) is 33.2 Å². The zero-order valence-corrected chi connectivity index (χ0v) is 12.0. The lowest BCUT2D eigenvalue weighted by atomic mass is 9.99. The largest absolute Gasteiger partial charge is 0.465 e. The Labute approximate surface area is 105 Å². The molecular weight excluding hydrogens is 216 g/mol. The Bertz CT molecular complexity index is 229. The molecule has 2 unspecified atom stereocenters. The Kier molecular flexibility index (Phi) is 7.39. The molecule has 0 aliphatic rings. The third kappa shape index (κ3) is 6.64. The second kappa shape index (κ2) is 7.67. The van der Waals surface area contributed by atoms with Crippen LogP contribution < -0.4 is 5.73 Å². The summed E-state index contributed by atoms with van der Waals surface area (Å²) >= 11 is 0. The second-order valence-electron chi connectivity index (χ2n) is 5.16.